The zero-order valence-electron chi connectivity index (χ0n) is 13.2. The predicted molar refractivity (Wildman–Crippen MR) is 91.5 cm³/mol. The van der Waals surface area contributed by atoms with Crippen molar-refractivity contribution >= 4 is 32.5 Å². The quantitative estimate of drug-likeness (QED) is 0.561. The lowest BCUT2D eigenvalue weighted by Gasteiger charge is -2.33. The lowest BCUT2D eigenvalue weighted by molar-refractivity contribution is -0.384. The standard InChI is InChI=1S/C15H14F2N2O5S2/c16-15(17)26(22,23)10-3-4-11(12(8-10)19(20)21)18-5-6-24-13(9-18)14-2-1-7-25-14/h1-4,7-8,13,15H,5-6,9H2. The minimum Gasteiger partial charge on any atom is -0.369 e. The Labute approximate surface area is 151 Å². The molecule has 11 heteroatoms. The van der Waals surface area contributed by atoms with Crippen LogP contribution in [0.2, 0.25) is 0 Å². The van der Waals surface area contributed by atoms with Gasteiger partial charge in [0.2, 0.25) is 9.84 Å². The first-order valence-corrected chi connectivity index (χ1v) is 9.93. The third-order valence-corrected chi connectivity index (χ3v) is 6.32. The number of alkyl halides is 2. The molecule has 0 saturated carbocycles. The van der Waals surface area contributed by atoms with Gasteiger partial charge in [0.25, 0.3) is 5.69 Å². The average Bonchev–Trinajstić information content (AvgIpc) is 3.16. The van der Waals surface area contributed by atoms with E-state index in [1.807, 2.05) is 17.5 Å². The number of sulfone groups is 1. The molecule has 3 rings (SSSR count). The van der Waals surface area contributed by atoms with Crippen molar-refractivity contribution in [2.24, 2.45) is 0 Å². The molecule has 0 N–H and O–H groups in total. The minimum atomic E-state index is -4.91. The maximum atomic E-state index is 12.7. The molecule has 1 saturated heterocycles. The van der Waals surface area contributed by atoms with Crippen molar-refractivity contribution in [3.05, 3.63) is 50.7 Å². The van der Waals surface area contributed by atoms with E-state index in [-0.39, 0.29) is 11.8 Å². The second-order valence-electron chi connectivity index (χ2n) is 5.53. The van der Waals surface area contributed by atoms with Crippen LogP contribution in [0.5, 0.6) is 0 Å². The molecule has 1 fully saturated rings. The number of rotatable bonds is 5. The summed E-state index contributed by atoms with van der Waals surface area (Å²) in [6.45, 7) is 1.03. The summed E-state index contributed by atoms with van der Waals surface area (Å²) in [6, 6.07) is 6.62. The summed E-state index contributed by atoms with van der Waals surface area (Å²) in [5, 5.41) is 13.3. The normalized spacial score (nSPS) is 18.3. The first-order valence-electron chi connectivity index (χ1n) is 7.51. The van der Waals surface area contributed by atoms with Gasteiger partial charge in [-0.15, -0.1) is 11.3 Å². The molecule has 1 aliphatic rings. The van der Waals surface area contributed by atoms with Crippen LogP contribution in [0.4, 0.5) is 20.2 Å². The number of ether oxygens (including phenoxy) is 1. The zero-order valence-corrected chi connectivity index (χ0v) is 14.9. The number of nitro benzene ring substituents is 1. The number of thiophene rings is 1. The Morgan fingerprint density at radius 2 is 2.12 bits per heavy atom. The summed E-state index contributed by atoms with van der Waals surface area (Å²) >= 11 is 1.50. The van der Waals surface area contributed by atoms with Crippen molar-refractivity contribution in [2.75, 3.05) is 24.6 Å². The van der Waals surface area contributed by atoms with Gasteiger partial charge in [-0.1, -0.05) is 6.07 Å². The van der Waals surface area contributed by atoms with Crippen LogP contribution in [0.3, 0.4) is 0 Å². The summed E-state index contributed by atoms with van der Waals surface area (Å²) in [4.78, 5) is 12.5. The molecule has 2 heterocycles. The van der Waals surface area contributed by atoms with Crippen LogP contribution in [-0.4, -0.2) is 38.8 Å². The number of benzene rings is 1. The summed E-state index contributed by atoms with van der Waals surface area (Å²) in [5.74, 6) is -3.64. The Kier molecular flexibility index (Phi) is 5.21. The zero-order chi connectivity index (χ0) is 18.9. The molecule has 0 radical (unpaired) electrons. The molecular formula is C15H14F2N2O5S2. The maximum absolute atomic E-state index is 12.7. The third-order valence-electron chi connectivity index (χ3n) is 3.97. The Hall–Kier alpha value is -2.11. The van der Waals surface area contributed by atoms with Crippen molar-refractivity contribution < 1.29 is 26.9 Å². The fraction of sp³-hybridized carbons (Fsp3) is 0.333. The Balaban J connectivity index is 1.95. The van der Waals surface area contributed by atoms with Crippen LogP contribution in [0.15, 0.2) is 40.6 Å². The number of morpholine rings is 1. The van der Waals surface area contributed by atoms with Gasteiger partial charge in [-0.25, -0.2) is 8.42 Å². The SMILES string of the molecule is O=[N+]([O-])c1cc(S(=O)(=O)C(F)F)ccc1N1CCOC(c2cccs2)C1. The second-order valence-corrected chi connectivity index (χ2v) is 8.43. The van der Waals surface area contributed by atoms with Crippen LogP contribution in [0.1, 0.15) is 11.0 Å². The number of hydrogen-bond acceptors (Lipinski definition) is 7. The molecule has 2 aromatic rings. The van der Waals surface area contributed by atoms with E-state index >= 15 is 0 Å². The highest BCUT2D eigenvalue weighted by atomic mass is 32.2. The second kappa shape index (κ2) is 7.25. The fourth-order valence-electron chi connectivity index (χ4n) is 2.71. The summed E-state index contributed by atoms with van der Waals surface area (Å²) in [7, 11) is -4.91. The fourth-order valence-corrected chi connectivity index (χ4v) is 4.22. The maximum Gasteiger partial charge on any atom is 0.341 e. The van der Waals surface area contributed by atoms with E-state index in [9.17, 15) is 27.3 Å². The molecule has 1 aromatic heterocycles. The molecule has 1 aliphatic heterocycles. The highest BCUT2D eigenvalue weighted by molar-refractivity contribution is 7.91. The van der Waals surface area contributed by atoms with E-state index in [0.717, 1.165) is 10.9 Å². The summed E-state index contributed by atoms with van der Waals surface area (Å²) in [5.41, 5.74) is -0.355. The lowest BCUT2D eigenvalue weighted by atomic mass is 10.2. The van der Waals surface area contributed by atoms with Crippen LogP contribution in [0.25, 0.3) is 0 Å². The topological polar surface area (TPSA) is 89.8 Å². The van der Waals surface area contributed by atoms with E-state index in [0.29, 0.717) is 25.8 Å². The predicted octanol–water partition coefficient (Wildman–Crippen LogP) is 3.23. The van der Waals surface area contributed by atoms with Gasteiger partial charge < -0.3 is 9.64 Å². The molecule has 1 aromatic carbocycles. The number of hydrogen-bond donors (Lipinski definition) is 0. The molecule has 26 heavy (non-hydrogen) atoms. The molecule has 7 nitrogen and oxygen atoms in total. The number of anilines is 1. The average molecular weight is 404 g/mol. The van der Waals surface area contributed by atoms with Gasteiger partial charge in [-0.3, -0.25) is 10.1 Å². The van der Waals surface area contributed by atoms with Crippen molar-refractivity contribution in [1.29, 1.82) is 0 Å². The van der Waals surface area contributed by atoms with Gasteiger partial charge in [-0.2, -0.15) is 8.78 Å². The number of nitrogens with zero attached hydrogens (tertiary/aromatic N) is 2. The van der Waals surface area contributed by atoms with Crippen molar-refractivity contribution in [1.82, 2.24) is 0 Å². The monoisotopic (exact) mass is 404 g/mol. The van der Waals surface area contributed by atoms with Crippen molar-refractivity contribution in [3.8, 4) is 0 Å². The largest absolute Gasteiger partial charge is 0.369 e. The number of nitro groups is 1. The van der Waals surface area contributed by atoms with E-state index < -0.39 is 31.1 Å². The van der Waals surface area contributed by atoms with E-state index in [2.05, 4.69) is 0 Å². The molecule has 0 amide bonds. The van der Waals surface area contributed by atoms with Gasteiger partial charge >= 0.3 is 5.76 Å². The molecule has 0 spiro atoms. The van der Waals surface area contributed by atoms with Crippen LogP contribution in [-0.2, 0) is 14.6 Å². The van der Waals surface area contributed by atoms with E-state index in [4.69, 9.17) is 4.74 Å². The Morgan fingerprint density at radius 3 is 2.73 bits per heavy atom. The van der Waals surface area contributed by atoms with Gasteiger partial charge in [-0.05, 0) is 23.6 Å². The van der Waals surface area contributed by atoms with Crippen molar-refractivity contribution in [2.45, 2.75) is 16.8 Å². The third kappa shape index (κ3) is 3.55. The Morgan fingerprint density at radius 1 is 1.35 bits per heavy atom. The number of halogens is 2. The van der Waals surface area contributed by atoms with Crippen LogP contribution < -0.4 is 4.90 Å². The van der Waals surface area contributed by atoms with E-state index in [1.165, 1.54) is 17.4 Å². The molecular weight excluding hydrogens is 390 g/mol. The summed E-state index contributed by atoms with van der Waals surface area (Å²) < 4.78 is 54.3. The van der Waals surface area contributed by atoms with Crippen molar-refractivity contribution in [3.63, 3.8) is 0 Å². The van der Waals surface area contributed by atoms with Gasteiger partial charge in [0.15, 0.2) is 0 Å². The van der Waals surface area contributed by atoms with Crippen LogP contribution in [0, 0.1) is 10.1 Å². The smallest absolute Gasteiger partial charge is 0.341 e. The molecule has 140 valence electrons. The van der Waals surface area contributed by atoms with Crippen LogP contribution >= 0.6 is 11.3 Å². The summed E-state index contributed by atoms with van der Waals surface area (Å²) in [6.07, 6.45) is -0.271. The van der Waals surface area contributed by atoms with Gasteiger partial charge in [0.1, 0.15) is 11.8 Å². The van der Waals surface area contributed by atoms with Gasteiger partial charge in [0, 0.05) is 24.0 Å². The first-order chi connectivity index (χ1) is 12.3. The van der Waals surface area contributed by atoms with Gasteiger partial charge in [0.05, 0.1) is 16.4 Å². The first kappa shape index (κ1) is 18.7. The highest BCUT2D eigenvalue weighted by Gasteiger charge is 2.32. The highest BCUT2D eigenvalue weighted by Crippen LogP contribution is 2.35. The molecule has 0 aliphatic carbocycles. The molecule has 1 atom stereocenters. The Bertz CT molecular complexity index is 903. The van der Waals surface area contributed by atoms with E-state index in [1.54, 1.807) is 4.90 Å². The molecule has 0 bridgehead atoms. The minimum absolute atomic E-state index is 0.174. The molecule has 1 unspecified atom stereocenters. The lowest BCUT2D eigenvalue weighted by Crippen LogP contribution is -2.38.